The third-order valence-corrected chi connectivity index (χ3v) is 5.18. The summed E-state index contributed by atoms with van der Waals surface area (Å²) in [5, 5.41) is 15.3. The van der Waals surface area contributed by atoms with E-state index in [0.717, 1.165) is 25.4 Å². The number of nitro groups is 1. The SMILES string of the molecule is CCOc1ccc(CN2CCN(C(=O)Cn3nc(C)c([N+](=O)[O-])c3C)CC2)cc1. The Morgan fingerprint density at radius 1 is 1.17 bits per heavy atom. The largest absolute Gasteiger partial charge is 0.494 e. The van der Waals surface area contributed by atoms with Gasteiger partial charge in [-0.15, -0.1) is 0 Å². The Balaban J connectivity index is 1.52. The number of ether oxygens (including phenoxy) is 1. The minimum Gasteiger partial charge on any atom is -0.494 e. The molecule has 0 bridgehead atoms. The Kier molecular flexibility index (Phi) is 6.48. The number of aromatic nitrogens is 2. The van der Waals surface area contributed by atoms with Crippen LogP contribution < -0.4 is 4.74 Å². The maximum atomic E-state index is 12.6. The van der Waals surface area contributed by atoms with E-state index in [-0.39, 0.29) is 18.1 Å². The molecule has 1 amide bonds. The van der Waals surface area contributed by atoms with Crippen LogP contribution in [0.15, 0.2) is 24.3 Å². The van der Waals surface area contributed by atoms with Crippen LogP contribution in [0.1, 0.15) is 23.9 Å². The third-order valence-electron chi connectivity index (χ3n) is 5.18. The van der Waals surface area contributed by atoms with Gasteiger partial charge in [0.2, 0.25) is 5.91 Å². The van der Waals surface area contributed by atoms with E-state index in [1.54, 1.807) is 18.7 Å². The van der Waals surface area contributed by atoms with Gasteiger partial charge in [-0.1, -0.05) is 12.1 Å². The second-order valence-electron chi connectivity index (χ2n) is 7.17. The highest BCUT2D eigenvalue weighted by Gasteiger charge is 2.26. The van der Waals surface area contributed by atoms with Crippen LogP contribution in [0, 0.1) is 24.0 Å². The molecule has 0 unspecified atom stereocenters. The molecule has 1 fully saturated rings. The predicted molar refractivity (Wildman–Crippen MR) is 108 cm³/mol. The standard InChI is InChI=1S/C20H27N5O4/c1-4-29-18-7-5-17(6-8-18)13-22-9-11-23(12-10-22)19(26)14-24-16(3)20(25(27)28)15(2)21-24/h5-8H,4,9-14H2,1-3H3. The molecule has 1 aromatic heterocycles. The first-order valence-corrected chi connectivity index (χ1v) is 9.79. The average molecular weight is 401 g/mol. The Labute approximate surface area is 170 Å². The highest BCUT2D eigenvalue weighted by atomic mass is 16.6. The molecule has 0 atom stereocenters. The fraction of sp³-hybridized carbons (Fsp3) is 0.500. The number of hydrogen-bond acceptors (Lipinski definition) is 6. The number of benzene rings is 1. The van der Waals surface area contributed by atoms with Gasteiger partial charge in [0, 0.05) is 32.7 Å². The van der Waals surface area contributed by atoms with Gasteiger partial charge in [-0.25, -0.2) is 0 Å². The summed E-state index contributed by atoms with van der Waals surface area (Å²) in [6.07, 6.45) is 0. The first-order chi connectivity index (χ1) is 13.9. The van der Waals surface area contributed by atoms with Crippen LogP contribution in [0.2, 0.25) is 0 Å². The predicted octanol–water partition coefficient (Wildman–Crippen LogP) is 2.15. The number of carbonyl (C=O) groups is 1. The summed E-state index contributed by atoms with van der Waals surface area (Å²) in [5.41, 5.74) is 1.94. The van der Waals surface area contributed by atoms with Gasteiger partial charge in [0.05, 0.1) is 11.5 Å². The van der Waals surface area contributed by atoms with Crippen LogP contribution in [0.5, 0.6) is 5.75 Å². The van der Waals surface area contributed by atoms with Gasteiger partial charge in [0.25, 0.3) is 0 Å². The molecule has 0 radical (unpaired) electrons. The maximum Gasteiger partial charge on any atom is 0.312 e. The normalized spacial score (nSPS) is 14.8. The molecule has 3 rings (SSSR count). The van der Waals surface area contributed by atoms with Crippen molar-refractivity contribution in [3.05, 3.63) is 51.3 Å². The van der Waals surface area contributed by atoms with Crippen molar-refractivity contribution in [3.8, 4) is 5.75 Å². The van der Waals surface area contributed by atoms with E-state index in [1.807, 2.05) is 19.1 Å². The molecule has 1 saturated heterocycles. The molecule has 0 aliphatic carbocycles. The van der Waals surface area contributed by atoms with Crippen LogP contribution in [0.25, 0.3) is 0 Å². The summed E-state index contributed by atoms with van der Waals surface area (Å²) in [7, 11) is 0. The number of nitrogens with zero attached hydrogens (tertiary/aromatic N) is 5. The van der Waals surface area contributed by atoms with Gasteiger partial charge in [-0.05, 0) is 38.5 Å². The van der Waals surface area contributed by atoms with Crippen molar-refractivity contribution >= 4 is 11.6 Å². The molecule has 1 aliphatic rings. The lowest BCUT2D eigenvalue weighted by atomic mass is 10.2. The van der Waals surface area contributed by atoms with E-state index in [2.05, 4.69) is 22.1 Å². The zero-order chi connectivity index (χ0) is 21.0. The smallest absolute Gasteiger partial charge is 0.312 e. The van der Waals surface area contributed by atoms with Crippen molar-refractivity contribution in [2.75, 3.05) is 32.8 Å². The minimum absolute atomic E-state index is 0.0158. The highest BCUT2D eigenvalue weighted by molar-refractivity contribution is 5.76. The Morgan fingerprint density at radius 2 is 1.83 bits per heavy atom. The Bertz CT molecular complexity index is 870. The molecule has 2 heterocycles. The van der Waals surface area contributed by atoms with Crippen LogP contribution >= 0.6 is 0 Å². The second-order valence-corrected chi connectivity index (χ2v) is 7.17. The summed E-state index contributed by atoms with van der Waals surface area (Å²) in [5.74, 6) is 0.808. The van der Waals surface area contributed by atoms with Crippen LogP contribution in [0.4, 0.5) is 5.69 Å². The van der Waals surface area contributed by atoms with Crippen molar-refractivity contribution in [3.63, 3.8) is 0 Å². The molecule has 1 aliphatic heterocycles. The molecule has 1 aromatic carbocycles. The van der Waals surface area contributed by atoms with E-state index >= 15 is 0 Å². The van der Waals surface area contributed by atoms with Crippen LogP contribution in [0.3, 0.4) is 0 Å². The second kappa shape index (κ2) is 9.04. The average Bonchev–Trinajstić information content (AvgIpc) is 2.97. The molecule has 0 spiro atoms. The van der Waals surface area contributed by atoms with Crippen LogP contribution in [-0.4, -0.2) is 63.2 Å². The topological polar surface area (TPSA) is 93.7 Å². The molecule has 9 heteroatoms. The number of aryl methyl sites for hydroxylation is 1. The van der Waals surface area contributed by atoms with Gasteiger partial charge >= 0.3 is 5.69 Å². The third kappa shape index (κ3) is 4.92. The molecular weight excluding hydrogens is 374 g/mol. The maximum absolute atomic E-state index is 12.6. The lowest BCUT2D eigenvalue weighted by Gasteiger charge is -2.34. The van der Waals surface area contributed by atoms with Crippen molar-refractivity contribution < 1.29 is 14.5 Å². The first-order valence-electron chi connectivity index (χ1n) is 9.79. The quantitative estimate of drug-likeness (QED) is 0.521. The van der Waals surface area contributed by atoms with E-state index in [9.17, 15) is 14.9 Å². The highest BCUT2D eigenvalue weighted by Crippen LogP contribution is 2.22. The molecule has 0 saturated carbocycles. The van der Waals surface area contributed by atoms with E-state index in [1.165, 1.54) is 10.2 Å². The van der Waals surface area contributed by atoms with Gasteiger partial charge < -0.3 is 9.64 Å². The summed E-state index contributed by atoms with van der Waals surface area (Å²) in [6, 6.07) is 8.09. The molecule has 156 valence electrons. The number of hydrogen-bond donors (Lipinski definition) is 0. The summed E-state index contributed by atoms with van der Waals surface area (Å²) >= 11 is 0. The monoisotopic (exact) mass is 401 g/mol. The van der Waals surface area contributed by atoms with Gasteiger partial charge in [-0.2, -0.15) is 5.10 Å². The number of amides is 1. The molecular formula is C20H27N5O4. The van der Waals surface area contributed by atoms with Gasteiger partial charge in [0.1, 0.15) is 23.7 Å². The van der Waals surface area contributed by atoms with Crippen LogP contribution in [-0.2, 0) is 17.9 Å². The molecule has 9 nitrogen and oxygen atoms in total. The number of rotatable bonds is 7. The lowest BCUT2D eigenvalue weighted by molar-refractivity contribution is -0.386. The fourth-order valence-electron chi connectivity index (χ4n) is 3.61. The Morgan fingerprint density at radius 3 is 2.38 bits per heavy atom. The summed E-state index contributed by atoms with van der Waals surface area (Å²) in [6.45, 7) is 9.54. The van der Waals surface area contributed by atoms with Crippen molar-refractivity contribution in [2.45, 2.75) is 33.9 Å². The first kappa shape index (κ1) is 20.8. The van der Waals surface area contributed by atoms with Crippen molar-refractivity contribution in [1.82, 2.24) is 19.6 Å². The van der Waals surface area contributed by atoms with E-state index in [0.29, 0.717) is 31.1 Å². The molecule has 29 heavy (non-hydrogen) atoms. The fourth-order valence-corrected chi connectivity index (χ4v) is 3.61. The minimum atomic E-state index is -0.446. The van der Waals surface area contributed by atoms with E-state index in [4.69, 9.17) is 4.74 Å². The lowest BCUT2D eigenvalue weighted by Crippen LogP contribution is -2.49. The van der Waals surface area contributed by atoms with Crippen molar-refractivity contribution in [1.29, 1.82) is 0 Å². The number of piperazine rings is 1. The summed E-state index contributed by atoms with van der Waals surface area (Å²) in [4.78, 5) is 27.4. The summed E-state index contributed by atoms with van der Waals surface area (Å²) < 4.78 is 6.90. The van der Waals surface area contributed by atoms with Gasteiger partial charge in [-0.3, -0.25) is 24.5 Å². The zero-order valence-corrected chi connectivity index (χ0v) is 17.1. The molecule has 2 aromatic rings. The number of carbonyl (C=O) groups excluding carboxylic acids is 1. The zero-order valence-electron chi connectivity index (χ0n) is 17.1. The van der Waals surface area contributed by atoms with Crippen molar-refractivity contribution in [2.24, 2.45) is 0 Å². The molecule has 0 N–H and O–H groups in total. The van der Waals surface area contributed by atoms with E-state index < -0.39 is 4.92 Å². The Hall–Kier alpha value is -2.94. The van der Waals surface area contributed by atoms with Gasteiger partial charge in [0.15, 0.2) is 0 Å².